The highest BCUT2D eigenvalue weighted by atomic mass is 16.6. The minimum atomic E-state index is -1.77. The molecule has 0 spiro atoms. The van der Waals surface area contributed by atoms with Crippen LogP contribution in [0.5, 0.6) is 0 Å². The Balaban J connectivity index is 2.53. The van der Waals surface area contributed by atoms with Gasteiger partial charge in [-0.3, -0.25) is 0 Å². The lowest BCUT2D eigenvalue weighted by Gasteiger charge is -2.40. The van der Waals surface area contributed by atoms with E-state index < -0.39 is 60.6 Å². The lowest BCUT2D eigenvalue weighted by atomic mass is 9.96. The number of ether oxygens (including phenoxy) is 3. The van der Waals surface area contributed by atoms with Gasteiger partial charge in [-0.25, -0.2) is 14.3 Å². The number of hydrogen-bond acceptors (Lipinski definition) is 11. The van der Waals surface area contributed by atoms with Crippen molar-refractivity contribution in [2.24, 2.45) is 0 Å². The van der Waals surface area contributed by atoms with Gasteiger partial charge in [-0.15, -0.1) is 5.10 Å². The maximum Gasteiger partial charge on any atom is 0.361 e. The van der Waals surface area contributed by atoms with Crippen molar-refractivity contribution in [3.05, 3.63) is 11.4 Å². The molecular weight excluding hydrogens is 354 g/mol. The van der Waals surface area contributed by atoms with Crippen molar-refractivity contribution in [1.29, 1.82) is 0 Å². The Morgan fingerprint density at radius 3 is 2.31 bits per heavy atom. The van der Waals surface area contributed by atoms with E-state index in [-0.39, 0.29) is 13.2 Å². The summed E-state index contributed by atoms with van der Waals surface area (Å²) in [6.07, 6.45) is -6.32. The average molecular weight is 375 g/mol. The van der Waals surface area contributed by atoms with E-state index in [4.69, 9.17) is 14.2 Å². The third kappa shape index (κ3) is 3.68. The summed E-state index contributed by atoms with van der Waals surface area (Å²) in [4.78, 5) is 24.3. The molecule has 0 amide bonds. The highest BCUT2D eigenvalue weighted by Gasteiger charge is 2.47. The summed E-state index contributed by atoms with van der Waals surface area (Å²) in [5.74, 6) is -1.93. The van der Waals surface area contributed by atoms with Crippen LogP contribution < -0.4 is 0 Å². The molecule has 12 nitrogen and oxygen atoms in total. The van der Waals surface area contributed by atoms with Gasteiger partial charge in [0, 0.05) is 0 Å². The lowest BCUT2D eigenvalue weighted by molar-refractivity contribution is -0.270. The van der Waals surface area contributed by atoms with Crippen LogP contribution in [0.4, 0.5) is 0 Å². The van der Waals surface area contributed by atoms with Crippen molar-refractivity contribution in [3.63, 3.8) is 0 Å². The number of carbonyl (C=O) groups is 2. The number of hydrogen-bond donors (Lipinski definition) is 4. The summed E-state index contributed by atoms with van der Waals surface area (Å²) in [7, 11) is 0. The summed E-state index contributed by atoms with van der Waals surface area (Å²) >= 11 is 0. The number of carbonyl (C=O) groups excluding carboxylic acids is 2. The number of aliphatic hydroxyl groups excluding tert-OH is 4. The lowest BCUT2D eigenvalue weighted by Crippen LogP contribution is -2.56. The van der Waals surface area contributed by atoms with Gasteiger partial charge in [-0.2, -0.15) is 0 Å². The average Bonchev–Trinajstić information content (AvgIpc) is 3.03. The van der Waals surface area contributed by atoms with Crippen LogP contribution in [0.2, 0.25) is 0 Å². The molecule has 2 rings (SSSR count). The molecule has 12 heteroatoms. The minimum absolute atomic E-state index is 0.0157. The molecule has 0 aliphatic carbocycles. The van der Waals surface area contributed by atoms with Crippen LogP contribution in [0.25, 0.3) is 0 Å². The first-order valence-electron chi connectivity index (χ1n) is 7.97. The zero-order valence-corrected chi connectivity index (χ0v) is 14.2. The predicted molar refractivity (Wildman–Crippen MR) is 81.0 cm³/mol. The van der Waals surface area contributed by atoms with Gasteiger partial charge in [0.1, 0.15) is 24.4 Å². The SMILES string of the molecule is CCOC(=O)c1nnn([C@H]2[C@H](O)[C@@H](CO)OC(O)[C@@H]2O)c1C(=O)OCC. The molecule has 4 N–H and O–H groups in total. The fraction of sp³-hybridized carbons (Fsp3) is 0.714. The van der Waals surface area contributed by atoms with Gasteiger partial charge in [-0.1, -0.05) is 5.21 Å². The number of aromatic nitrogens is 3. The Kier molecular flexibility index (Phi) is 6.61. The standard InChI is InChI=1S/C14H21N3O9/c1-3-24-12(21)7-8(13(22)25-4-2)17(16-15-7)9-10(19)6(5-18)26-14(23)11(9)20/h6,9-11,14,18-20,23H,3-5H2,1-2H3/t6-,9+,10-,11-,14?/m1/s1. The third-order valence-electron chi connectivity index (χ3n) is 3.78. The van der Waals surface area contributed by atoms with E-state index >= 15 is 0 Å². The van der Waals surface area contributed by atoms with Crippen LogP contribution in [0.3, 0.4) is 0 Å². The van der Waals surface area contributed by atoms with Gasteiger partial charge in [0.2, 0.25) is 5.69 Å². The van der Waals surface area contributed by atoms with Crippen LogP contribution in [0.1, 0.15) is 40.9 Å². The monoisotopic (exact) mass is 375 g/mol. The van der Waals surface area contributed by atoms with E-state index in [2.05, 4.69) is 10.3 Å². The fourth-order valence-corrected chi connectivity index (χ4v) is 2.60. The van der Waals surface area contributed by atoms with E-state index in [1.54, 1.807) is 13.8 Å². The number of aliphatic hydroxyl groups is 4. The van der Waals surface area contributed by atoms with Crippen molar-refractivity contribution in [2.75, 3.05) is 19.8 Å². The summed E-state index contributed by atoms with van der Waals surface area (Å²) in [6.45, 7) is 2.42. The molecule has 0 aromatic carbocycles. The third-order valence-corrected chi connectivity index (χ3v) is 3.78. The molecule has 0 saturated carbocycles. The van der Waals surface area contributed by atoms with Crippen LogP contribution in [-0.2, 0) is 14.2 Å². The van der Waals surface area contributed by atoms with Crippen molar-refractivity contribution in [3.8, 4) is 0 Å². The molecule has 26 heavy (non-hydrogen) atoms. The van der Waals surface area contributed by atoms with E-state index in [0.29, 0.717) is 0 Å². The number of rotatable bonds is 6. The highest BCUT2D eigenvalue weighted by Crippen LogP contribution is 2.30. The van der Waals surface area contributed by atoms with Crippen molar-refractivity contribution >= 4 is 11.9 Å². The molecule has 1 aliphatic rings. The Labute approximate surface area is 147 Å². The van der Waals surface area contributed by atoms with Crippen LogP contribution in [0.15, 0.2) is 0 Å². The second-order valence-corrected chi connectivity index (χ2v) is 5.39. The normalized spacial score (nSPS) is 28.6. The Morgan fingerprint density at radius 2 is 1.73 bits per heavy atom. The molecule has 1 saturated heterocycles. The zero-order chi connectivity index (χ0) is 19.4. The molecule has 5 atom stereocenters. The largest absolute Gasteiger partial charge is 0.461 e. The first kappa shape index (κ1) is 20.2. The van der Waals surface area contributed by atoms with E-state index in [9.17, 15) is 30.0 Å². The van der Waals surface area contributed by atoms with E-state index in [1.807, 2.05) is 0 Å². The quantitative estimate of drug-likeness (QED) is 0.390. The maximum absolute atomic E-state index is 12.3. The number of nitrogens with zero attached hydrogens (tertiary/aromatic N) is 3. The van der Waals surface area contributed by atoms with Crippen LogP contribution in [0, 0.1) is 0 Å². The molecular formula is C14H21N3O9. The smallest absolute Gasteiger partial charge is 0.361 e. The van der Waals surface area contributed by atoms with Gasteiger partial charge in [-0.05, 0) is 13.8 Å². The van der Waals surface area contributed by atoms with Gasteiger partial charge in [0.25, 0.3) is 0 Å². The summed E-state index contributed by atoms with van der Waals surface area (Å²) in [5.41, 5.74) is -0.926. The molecule has 1 aromatic rings. The maximum atomic E-state index is 12.3. The second kappa shape index (κ2) is 8.51. The van der Waals surface area contributed by atoms with Gasteiger partial charge in [0.15, 0.2) is 12.0 Å². The predicted octanol–water partition coefficient (Wildman–Crippen LogP) is -2.40. The van der Waals surface area contributed by atoms with E-state index in [1.165, 1.54) is 0 Å². The van der Waals surface area contributed by atoms with Crippen LogP contribution in [-0.4, -0.2) is 91.8 Å². The summed E-state index contributed by atoms with van der Waals surface area (Å²) in [5, 5.41) is 46.8. The molecule has 1 aliphatic heterocycles. The van der Waals surface area contributed by atoms with Gasteiger partial charge >= 0.3 is 11.9 Å². The highest BCUT2D eigenvalue weighted by molar-refractivity contribution is 6.00. The van der Waals surface area contributed by atoms with Crippen molar-refractivity contribution in [1.82, 2.24) is 15.0 Å². The van der Waals surface area contributed by atoms with Gasteiger partial charge in [0.05, 0.1) is 19.8 Å². The molecule has 1 fully saturated rings. The Hall–Kier alpha value is -2.12. The molecule has 146 valence electrons. The Bertz CT molecular complexity index is 650. The summed E-state index contributed by atoms with van der Waals surface area (Å²) < 4.78 is 15.4. The van der Waals surface area contributed by atoms with Gasteiger partial charge < -0.3 is 34.6 Å². The summed E-state index contributed by atoms with van der Waals surface area (Å²) in [6, 6.07) is -1.44. The molecule has 0 radical (unpaired) electrons. The first-order chi connectivity index (χ1) is 12.4. The molecule has 1 unspecified atom stereocenters. The Morgan fingerprint density at radius 1 is 1.12 bits per heavy atom. The minimum Gasteiger partial charge on any atom is -0.461 e. The zero-order valence-electron chi connectivity index (χ0n) is 14.2. The molecule has 1 aromatic heterocycles. The molecule has 0 bridgehead atoms. The van der Waals surface area contributed by atoms with E-state index in [0.717, 1.165) is 4.68 Å². The molecule has 2 heterocycles. The van der Waals surface area contributed by atoms with Crippen molar-refractivity contribution in [2.45, 2.75) is 44.5 Å². The first-order valence-corrected chi connectivity index (χ1v) is 7.97. The number of esters is 2. The fourth-order valence-electron chi connectivity index (χ4n) is 2.60. The second-order valence-electron chi connectivity index (χ2n) is 5.39. The topological polar surface area (TPSA) is 173 Å². The van der Waals surface area contributed by atoms with Crippen molar-refractivity contribution < 1.29 is 44.2 Å². The van der Waals surface area contributed by atoms with Crippen LogP contribution >= 0.6 is 0 Å².